The maximum absolute atomic E-state index is 13.3. The van der Waals surface area contributed by atoms with Gasteiger partial charge in [0.05, 0.1) is 17.7 Å². The highest BCUT2D eigenvalue weighted by atomic mass is 16.5. The first-order chi connectivity index (χ1) is 12.7. The van der Waals surface area contributed by atoms with Gasteiger partial charge in [-0.25, -0.2) is 0 Å². The van der Waals surface area contributed by atoms with E-state index in [1.165, 1.54) is 5.56 Å². The van der Waals surface area contributed by atoms with E-state index in [2.05, 4.69) is 10.6 Å². The maximum Gasteiger partial charge on any atom is 0.263 e. The van der Waals surface area contributed by atoms with Gasteiger partial charge in [-0.3, -0.25) is 9.59 Å². The molecule has 0 radical (unpaired) electrons. The fourth-order valence-corrected chi connectivity index (χ4v) is 4.03. The number of aryl methyl sites for hydroxylation is 2. The summed E-state index contributed by atoms with van der Waals surface area (Å²) in [6.45, 7) is 1.69. The smallest absolute Gasteiger partial charge is 0.263 e. The van der Waals surface area contributed by atoms with Gasteiger partial charge in [0.1, 0.15) is 17.9 Å². The number of anilines is 1. The predicted octanol–water partition coefficient (Wildman–Crippen LogP) is 2.99. The summed E-state index contributed by atoms with van der Waals surface area (Å²) in [5, 5.41) is 0.634. The Kier molecular flexibility index (Phi) is 3.35. The predicted molar refractivity (Wildman–Crippen MR) is 100 cm³/mol. The maximum atomic E-state index is 13.3. The number of carbonyl (C=O) groups excluding carboxylic acids is 1. The number of pyridine rings is 1. The van der Waals surface area contributed by atoms with Gasteiger partial charge in [-0.2, -0.15) is 0 Å². The number of para-hydroxylation sites is 3. The van der Waals surface area contributed by atoms with Gasteiger partial charge >= 0.3 is 0 Å². The van der Waals surface area contributed by atoms with Crippen LogP contribution in [0.5, 0.6) is 5.75 Å². The second-order valence-corrected chi connectivity index (χ2v) is 6.76. The van der Waals surface area contributed by atoms with Crippen molar-refractivity contribution >= 4 is 22.5 Å². The Hall–Kier alpha value is -3.08. The molecule has 0 bridgehead atoms. The second-order valence-electron chi connectivity index (χ2n) is 6.76. The third-order valence-electron chi connectivity index (χ3n) is 5.23. The number of ether oxygens (including phenoxy) is 1. The average Bonchev–Trinajstić information content (AvgIpc) is 2.70. The van der Waals surface area contributed by atoms with Gasteiger partial charge in [0.15, 0.2) is 0 Å². The lowest BCUT2D eigenvalue weighted by atomic mass is 9.99. The number of hydrogen-bond donors (Lipinski definition) is 0. The number of fused-ring (bicyclic) bond motifs is 1. The van der Waals surface area contributed by atoms with E-state index < -0.39 is 0 Å². The molecule has 2 aromatic carbocycles. The summed E-state index contributed by atoms with van der Waals surface area (Å²) in [5.74, 6) is 0.420. The molecule has 3 aromatic rings. The Morgan fingerprint density at radius 1 is 1.04 bits per heavy atom. The van der Waals surface area contributed by atoms with E-state index >= 15 is 0 Å². The molecule has 0 fully saturated rings. The second kappa shape index (κ2) is 5.73. The Morgan fingerprint density at radius 3 is 2.85 bits per heavy atom. The molecule has 0 atom stereocenters. The van der Waals surface area contributed by atoms with E-state index in [0.717, 1.165) is 30.6 Å². The third-order valence-corrected chi connectivity index (χ3v) is 5.23. The largest absolute Gasteiger partial charge is 0.490 e. The van der Waals surface area contributed by atoms with Crippen LogP contribution in [0.15, 0.2) is 53.5 Å². The number of rotatable bonds is 1. The van der Waals surface area contributed by atoms with Crippen molar-refractivity contribution in [3.8, 4) is 5.75 Å². The van der Waals surface area contributed by atoms with Crippen LogP contribution in [0.1, 0.15) is 22.3 Å². The van der Waals surface area contributed by atoms with Gasteiger partial charge in [0.2, 0.25) is 5.43 Å². The zero-order chi connectivity index (χ0) is 17.7. The molecule has 5 rings (SSSR count). The Balaban J connectivity index is 1.68. The van der Waals surface area contributed by atoms with Crippen molar-refractivity contribution in [3.63, 3.8) is 0 Å². The standard InChI is InChI=1S/C21H18N2O3/c24-20-15-7-3-5-14-6-4-10-22(19(14)15)13-16(20)21(25)23-11-12-26-18-9-2-1-8-17(18)23/h1-3,5,7-9,13H,4,6,10-12H2. The number of aromatic nitrogens is 1. The minimum Gasteiger partial charge on any atom is -0.490 e. The number of nitrogens with zero attached hydrogens (tertiary/aromatic N) is 2. The van der Waals surface area contributed by atoms with Crippen molar-refractivity contribution in [3.05, 3.63) is 70.0 Å². The van der Waals surface area contributed by atoms with E-state index in [1.807, 2.05) is 36.4 Å². The Morgan fingerprint density at radius 2 is 1.92 bits per heavy atom. The monoisotopic (exact) mass is 346 g/mol. The van der Waals surface area contributed by atoms with Crippen LogP contribution >= 0.6 is 0 Å². The minimum atomic E-state index is -0.257. The molecule has 0 saturated heterocycles. The molecule has 0 aliphatic carbocycles. The van der Waals surface area contributed by atoms with Gasteiger partial charge in [0, 0.05) is 18.1 Å². The van der Waals surface area contributed by atoms with Crippen molar-refractivity contribution in [2.75, 3.05) is 18.1 Å². The summed E-state index contributed by atoms with van der Waals surface area (Å²) >= 11 is 0. The first-order valence-corrected chi connectivity index (χ1v) is 8.93. The molecule has 2 aliphatic rings. The molecule has 0 saturated carbocycles. The van der Waals surface area contributed by atoms with Crippen LogP contribution < -0.4 is 15.1 Å². The average molecular weight is 346 g/mol. The zero-order valence-corrected chi connectivity index (χ0v) is 14.3. The molecule has 1 amide bonds. The summed E-state index contributed by atoms with van der Waals surface area (Å²) < 4.78 is 7.70. The van der Waals surface area contributed by atoms with Crippen LogP contribution in [0.2, 0.25) is 0 Å². The summed E-state index contributed by atoms with van der Waals surface area (Å²) in [6, 6.07) is 13.3. The quantitative estimate of drug-likeness (QED) is 0.681. The van der Waals surface area contributed by atoms with Crippen LogP contribution in [0.25, 0.3) is 10.9 Å². The number of amides is 1. The summed E-state index contributed by atoms with van der Waals surface area (Å²) in [7, 11) is 0. The van der Waals surface area contributed by atoms with Crippen molar-refractivity contribution in [2.24, 2.45) is 0 Å². The summed E-state index contributed by atoms with van der Waals surface area (Å²) in [5.41, 5.74) is 2.92. The van der Waals surface area contributed by atoms with E-state index in [-0.39, 0.29) is 16.9 Å². The van der Waals surface area contributed by atoms with Crippen LogP contribution in [-0.2, 0) is 13.0 Å². The molecule has 1 aromatic heterocycles. The molecule has 5 nitrogen and oxygen atoms in total. The number of benzene rings is 2. The molecule has 130 valence electrons. The lowest BCUT2D eigenvalue weighted by molar-refractivity contribution is 0.0975. The molecule has 0 unspecified atom stereocenters. The highest BCUT2D eigenvalue weighted by Crippen LogP contribution is 2.32. The lowest BCUT2D eigenvalue weighted by Gasteiger charge is -2.30. The molecule has 5 heteroatoms. The van der Waals surface area contributed by atoms with Crippen LogP contribution in [-0.4, -0.2) is 23.6 Å². The highest BCUT2D eigenvalue weighted by molar-refractivity contribution is 6.08. The molecule has 26 heavy (non-hydrogen) atoms. The SMILES string of the molecule is O=C(c1cn2c3c(cccc3c1=O)CCC2)N1CCOc2ccccc21. The molecule has 3 heterocycles. The van der Waals surface area contributed by atoms with Crippen LogP contribution in [0.3, 0.4) is 0 Å². The van der Waals surface area contributed by atoms with Crippen LogP contribution in [0.4, 0.5) is 5.69 Å². The van der Waals surface area contributed by atoms with E-state index in [4.69, 9.17) is 4.74 Å². The Bertz CT molecular complexity index is 1100. The first kappa shape index (κ1) is 15.2. The van der Waals surface area contributed by atoms with E-state index in [0.29, 0.717) is 24.3 Å². The molecular formula is C21H18N2O3. The number of carbonyl (C=O) groups is 1. The Labute approximate surface area is 150 Å². The van der Waals surface area contributed by atoms with Crippen molar-refractivity contribution < 1.29 is 9.53 Å². The summed E-state index contributed by atoms with van der Waals surface area (Å²) in [4.78, 5) is 28.0. The van der Waals surface area contributed by atoms with E-state index in [1.54, 1.807) is 11.1 Å². The summed E-state index contributed by atoms with van der Waals surface area (Å²) in [6.07, 6.45) is 3.73. The zero-order valence-electron chi connectivity index (χ0n) is 14.3. The fourth-order valence-electron chi connectivity index (χ4n) is 4.03. The molecule has 0 spiro atoms. The first-order valence-electron chi connectivity index (χ1n) is 8.93. The van der Waals surface area contributed by atoms with Crippen molar-refractivity contribution in [1.82, 2.24) is 4.57 Å². The fraction of sp³-hybridized carbons (Fsp3) is 0.238. The third kappa shape index (κ3) is 2.17. The van der Waals surface area contributed by atoms with Gasteiger partial charge in [-0.15, -0.1) is 0 Å². The molecular weight excluding hydrogens is 328 g/mol. The van der Waals surface area contributed by atoms with E-state index in [9.17, 15) is 9.59 Å². The van der Waals surface area contributed by atoms with Gasteiger partial charge in [-0.1, -0.05) is 24.3 Å². The number of hydrogen-bond acceptors (Lipinski definition) is 3. The van der Waals surface area contributed by atoms with Crippen molar-refractivity contribution in [1.29, 1.82) is 0 Å². The molecule has 0 N–H and O–H groups in total. The van der Waals surface area contributed by atoms with Crippen molar-refractivity contribution in [2.45, 2.75) is 19.4 Å². The van der Waals surface area contributed by atoms with Gasteiger partial charge in [0.25, 0.3) is 5.91 Å². The lowest BCUT2D eigenvalue weighted by Crippen LogP contribution is -2.40. The van der Waals surface area contributed by atoms with Crippen LogP contribution in [0, 0.1) is 0 Å². The molecule has 2 aliphatic heterocycles. The topological polar surface area (TPSA) is 51.5 Å². The normalized spacial score (nSPS) is 15.5. The highest BCUT2D eigenvalue weighted by Gasteiger charge is 2.27. The minimum absolute atomic E-state index is 0.186. The van der Waals surface area contributed by atoms with Gasteiger partial charge in [-0.05, 0) is 36.6 Å². The van der Waals surface area contributed by atoms with Gasteiger partial charge < -0.3 is 14.2 Å².